The Bertz CT molecular complexity index is 790. The highest BCUT2D eigenvalue weighted by Gasteiger charge is 2.40. The van der Waals surface area contributed by atoms with E-state index in [1.807, 2.05) is 0 Å². The van der Waals surface area contributed by atoms with E-state index < -0.39 is 8.07 Å². The van der Waals surface area contributed by atoms with Gasteiger partial charge in [-0.15, -0.1) is 0 Å². The van der Waals surface area contributed by atoms with E-state index >= 15 is 0 Å². The first kappa shape index (κ1) is 22.7. The van der Waals surface area contributed by atoms with Crippen LogP contribution < -0.4 is 5.19 Å². The zero-order valence-corrected chi connectivity index (χ0v) is 20.5. The van der Waals surface area contributed by atoms with Crippen molar-refractivity contribution in [2.75, 3.05) is 0 Å². The van der Waals surface area contributed by atoms with Crippen LogP contribution >= 0.6 is 0 Å². The van der Waals surface area contributed by atoms with Crippen LogP contribution in [0.1, 0.15) is 84.5 Å². The fraction of sp³-hybridized carbons (Fsp3) is 0.538. The van der Waals surface area contributed by atoms with Gasteiger partial charge in [-0.3, -0.25) is 0 Å². The molecular weight excluding hydrogens is 356 g/mol. The van der Waals surface area contributed by atoms with Crippen molar-refractivity contribution in [2.45, 2.75) is 90.8 Å². The third kappa shape index (κ3) is 4.22. The molecule has 0 heterocycles. The molecule has 0 aliphatic heterocycles. The molecule has 2 aromatic rings. The van der Waals surface area contributed by atoms with Gasteiger partial charge in [-0.1, -0.05) is 116 Å². The van der Waals surface area contributed by atoms with Gasteiger partial charge in [-0.25, -0.2) is 0 Å². The Morgan fingerprint density at radius 2 is 1.32 bits per heavy atom. The lowest BCUT2D eigenvalue weighted by atomic mass is 9.78. The first-order chi connectivity index (χ1) is 12.9. The highest BCUT2D eigenvalue weighted by Crippen LogP contribution is 2.43. The number of hydrogen-bond acceptors (Lipinski definition) is 1. The highest BCUT2D eigenvalue weighted by molar-refractivity contribution is 6.92. The monoisotopic (exact) mass is 396 g/mol. The lowest BCUT2D eigenvalue weighted by molar-refractivity contribution is 0.442. The summed E-state index contributed by atoms with van der Waals surface area (Å²) in [7, 11) is -1.75. The largest absolute Gasteiger partial charge is 0.508 e. The number of aromatic hydroxyl groups is 1. The van der Waals surface area contributed by atoms with Crippen molar-refractivity contribution in [1.29, 1.82) is 0 Å². The molecule has 28 heavy (non-hydrogen) atoms. The van der Waals surface area contributed by atoms with Crippen LogP contribution in [0.5, 0.6) is 5.75 Å². The Hall–Kier alpha value is -1.54. The lowest BCUT2D eigenvalue weighted by Gasteiger charge is -2.40. The van der Waals surface area contributed by atoms with Gasteiger partial charge < -0.3 is 5.11 Å². The van der Waals surface area contributed by atoms with Gasteiger partial charge in [0.1, 0.15) is 5.75 Å². The average molecular weight is 397 g/mol. The van der Waals surface area contributed by atoms with Crippen LogP contribution in [0.15, 0.2) is 42.5 Å². The Morgan fingerprint density at radius 3 is 1.75 bits per heavy atom. The maximum atomic E-state index is 10.8. The Morgan fingerprint density at radius 1 is 0.821 bits per heavy atom. The third-order valence-electron chi connectivity index (χ3n) is 6.69. The van der Waals surface area contributed by atoms with Crippen molar-refractivity contribution in [3.05, 3.63) is 59.2 Å². The number of benzene rings is 2. The molecule has 0 aliphatic carbocycles. The van der Waals surface area contributed by atoms with Crippen LogP contribution in [0.4, 0.5) is 0 Å². The summed E-state index contributed by atoms with van der Waals surface area (Å²) in [6, 6.07) is 18.0. The summed E-state index contributed by atoms with van der Waals surface area (Å²) < 4.78 is 0. The van der Waals surface area contributed by atoms with Crippen molar-refractivity contribution in [2.24, 2.45) is 0 Å². The molecule has 1 nitrogen and oxygen atoms in total. The van der Waals surface area contributed by atoms with E-state index in [2.05, 4.69) is 105 Å². The maximum absolute atomic E-state index is 10.8. The minimum atomic E-state index is -1.75. The molecule has 0 saturated carbocycles. The topological polar surface area (TPSA) is 20.2 Å². The maximum Gasteiger partial charge on any atom is 0.119 e. The van der Waals surface area contributed by atoms with Crippen molar-refractivity contribution < 1.29 is 5.11 Å². The van der Waals surface area contributed by atoms with Crippen molar-refractivity contribution >= 4 is 13.3 Å². The van der Waals surface area contributed by atoms with E-state index in [1.54, 1.807) is 5.19 Å². The molecule has 0 bridgehead atoms. The Kier molecular flexibility index (Phi) is 6.55. The number of phenols is 1. The van der Waals surface area contributed by atoms with E-state index in [9.17, 15) is 5.11 Å². The van der Waals surface area contributed by atoms with E-state index in [0.717, 1.165) is 5.56 Å². The Balaban J connectivity index is 2.79. The number of phenolic OH excluding ortho intramolecular Hbond substituents is 1. The average Bonchev–Trinajstić information content (AvgIpc) is 2.62. The molecule has 1 unspecified atom stereocenters. The van der Waals surface area contributed by atoms with Crippen LogP contribution in [0, 0.1) is 0 Å². The quantitative estimate of drug-likeness (QED) is 0.538. The van der Waals surface area contributed by atoms with Crippen molar-refractivity contribution in [1.82, 2.24) is 0 Å². The summed E-state index contributed by atoms with van der Waals surface area (Å²) in [5, 5.41) is 12.4. The van der Waals surface area contributed by atoms with Gasteiger partial charge in [-0.05, 0) is 39.1 Å². The molecule has 0 aliphatic rings. The Labute approximate surface area is 174 Å². The van der Waals surface area contributed by atoms with Gasteiger partial charge in [0, 0.05) is 0 Å². The molecule has 0 spiro atoms. The fourth-order valence-electron chi connectivity index (χ4n) is 4.80. The van der Waals surface area contributed by atoms with Crippen molar-refractivity contribution in [3.8, 4) is 5.75 Å². The van der Waals surface area contributed by atoms with Gasteiger partial charge in [0.05, 0.1) is 8.07 Å². The van der Waals surface area contributed by atoms with E-state index in [-0.39, 0.29) is 10.8 Å². The SMILES string of the molecule is CC[Si](CC)(c1ccccc1)C(C)c1cc(C(C)(C)C)c(O)cc1C(C)(C)C. The molecule has 1 N–H and O–H groups in total. The summed E-state index contributed by atoms with van der Waals surface area (Å²) in [4.78, 5) is 0. The molecule has 2 heteroatoms. The predicted molar refractivity (Wildman–Crippen MR) is 127 cm³/mol. The molecule has 0 aromatic heterocycles. The van der Waals surface area contributed by atoms with Gasteiger partial charge >= 0.3 is 0 Å². The first-order valence-electron chi connectivity index (χ1n) is 10.8. The summed E-state index contributed by atoms with van der Waals surface area (Å²) in [6.45, 7) is 20.6. The van der Waals surface area contributed by atoms with E-state index in [0.29, 0.717) is 11.3 Å². The second-order valence-electron chi connectivity index (χ2n) is 10.4. The molecule has 0 fully saturated rings. The van der Waals surface area contributed by atoms with Crippen LogP contribution in [-0.4, -0.2) is 13.2 Å². The predicted octanol–water partition coefficient (Wildman–Crippen LogP) is 7.03. The molecule has 2 rings (SSSR count). The highest BCUT2D eigenvalue weighted by atomic mass is 28.3. The van der Waals surface area contributed by atoms with Crippen LogP contribution in [0.25, 0.3) is 0 Å². The minimum Gasteiger partial charge on any atom is -0.508 e. The first-order valence-corrected chi connectivity index (χ1v) is 13.3. The molecular formula is C26H40OSi. The van der Waals surface area contributed by atoms with Gasteiger partial charge in [0.2, 0.25) is 0 Å². The fourth-order valence-corrected chi connectivity index (χ4v) is 9.53. The molecule has 2 aromatic carbocycles. The summed E-state index contributed by atoms with van der Waals surface area (Å²) >= 11 is 0. The van der Waals surface area contributed by atoms with Gasteiger partial charge in [0.25, 0.3) is 0 Å². The van der Waals surface area contributed by atoms with Crippen molar-refractivity contribution in [3.63, 3.8) is 0 Å². The summed E-state index contributed by atoms with van der Waals surface area (Å²) in [5.41, 5.74) is 4.20. The van der Waals surface area contributed by atoms with Gasteiger partial charge in [0.15, 0.2) is 0 Å². The van der Waals surface area contributed by atoms with E-state index in [1.165, 1.54) is 23.2 Å². The number of rotatable bonds is 5. The second kappa shape index (κ2) is 8.06. The smallest absolute Gasteiger partial charge is 0.119 e. The van der Waals surface area contributed by atoms with Crippen LogP contribution in [0.2, 0.25) is 12.1 Å². The zero-order valence-electron chi connectivity index (χ0n) is 19.5. The second-order valence-corrected chi connectivity index (χ2v) is 15.6. The lowest BCUT2D eigenvalue weighted by Crippen LogP contribution is -2.51. The zero-order chi connectivity index (χ0) is 21.3. The molecule has 0 radical (unpaired) electrons. The standard InChI is InChI=1S/C26H40OSi/c1-10-28(11-2,20-15-13-12-14-16-20)19(3)21-17-23(26(7,8)9)24(27)18-22(21)25(4,5)6/h12-19,27H,10-11H2,1-9H3. The van der Waals surface area contributed by atoms with Crippen LogP contribution in [0.3, 0.4) is 0 Å². The minimum absolute atomic E-state index is 0.00417. The van der Waals surface area contributed by atoms with Gasteiger partial charge in [-0.2, -0.15) is 0 Å². The van der Waals surface area contributed by atoms with E-state index in [4.69, 9.17) is 0 Å². The normalized spacial score (nSPS) is 14.2. The molecule has 1 atom stereocenters. The molecule has 0 amide bonds. The summed E-state index contributed by atoms with van der Waals surface area (Å²) in [6.07, 6.45) is 0. The number of hydrogen-bond donors (Lipinski definition) is 1. The molecule has 0 saturated heterocycles. The van der Waals surface area contributed by atoms with Crippen LogP contribution in [-0.2, 0) is 10.8 Å². The summed E-state index contributed by atoms with van der Waals surface area (Å²) in [5.74, 6) is 0.438. The third-order valence-corrected chi connectivity index (χ3v) is 12.7. The molecule has 154 valence electrons.